The summed E-state index contributed by atoms with van der Waals surface area (Å²) in [5, 5.41) is 0. The normalized spacial score (nSPS) is 44.3. The van der Waals surface area contributed by atoms with Gasteiger partial charge in [-0.2, -0.15) is 0 Å². The van der Waals surface area contributed by atoms with Crippen molar-refractivity contribution >= 4 is 0 Å². The maximum Gasteiger partial charge on any atom is 0.268 e. The smallest absolute Gasteiger partial charge is 0.268 e. The largest absolute Gasteiger partial charge is 0.375 e. The molecule has 0 aromatic heterocycles. The molecule has 0 radical (unpaired) electrons. The average molecular weight is 244 g/mol. The second kappa shape index (κ2) is 3.91. The lowest BCUT2D eigenvalue weighted by Gasteiger charge is -2.56. The maximum atomic E-state index is 12.8. The minimum Gasteiger partial charge on any atom is -0.375 e. The van der Waals surface area contributed by atoms with Crippen LogP contribution in [0.5, 0.6) is 0 Å². The first-order valence-corrected chi connectivity index (χ1v) is 6.90. The molecule has 0 aromatic rings. The van der Waals surface area contributed by atoms with E-state index in [2.05, 4.69) is 0 Å². The number of rotatable bonds is 4. The Kier molecular flexibility index (Phi) is 2.73. The molecule has 4 bridgehead atoms. The van der Waals surface area contributed by atoms with Gasteiger partial charge in [0.05, 0.1) is 6.61 Å². The Morgan fingerprint density at radius 3 is 1.94 bits per heavy atom. The Labute approximate surface area is 102 Å². The van der Waals surface area contributed by atoms with Crippen LogP contribution in [0, 0.1) is 23.2 Å². The van der Waals surface area contributed by atoms with Gasteiger partial charge in [-0.05, 0) is 61.7 Å². The van der Waals surface area contributed by atoms with Gasteiger partial charge in [0.2, 0.25) is 0 Å². The standard InChI is InChI=1S/C14H22F2O/c1-13(15,16)8-17-9-14-5-10-2-11(6-14)4-12(3-10)7-14/h10-12H,2-9H2,1H3. The Morgan fingerprint density at radius 2 is 1.53 bits per heavy atom. The molecule has 4 saturated carbocycles. The van der Waals surface area contributed by atoms with Crippen molar-refractivity contribution in [1.82, 2.24) is 0 Å². The van der Waals surface area contributed by atoms with Gasteiger partial charge in [0.1, 0.15) is 6.61 Å². The molecule has 0 N–H and O–H groups in total. The van der Waals surface area contributed by atoms with Crippen LogP contribution in [0.3, 0.4) is 0 Å². The van der Waals surface area contributed by atoms with Gasteiger partial charge in [0.25, 0.3) is 5.92 Å². The zero-order valence-electron chi connectivity index (χ0n) is 10.6. The van der Waals surface area contributed by atoms with E-state index in [1.54, 1.807) is 0 Å². The number of alkyl halides is 2. The summed E-state index contributed by atoms with van der Waals surface area (Å²) in [5.74, 6) is -0.0755. The van der Waals surface area contributed by atoms with Crippen molar-refractivity contribution in [2.24, 2.45) is 23.2 Å². The van der Waals surface area contributed by atoms with E-state index in [1.165, 1.54) is 38.5 Å². The van der Waals surface area contributed by atoms with E-state index >= 15 is 0 Å². The van der Waals surface area contributed by atoms with Crippen molar-refractivity contribution in [1.29, 1.82) is 0 Å². The number of hydrogen-bond donors (Lipinski definition) is 0. The van der Waals surface area contributed by atoms with E-state index in [0.717, 1.165) is 24.7 Å². The highest BCUT2D eigenvalue weighted by atomic mass is 19.3. The topological polar surface area (TPSA) is 9.23 Å². The molecule has 4 aliphatic rings. The summed E-state index contributed by atoms with van der Waals surface area (Å²) in [6, 6.07) is 0. The third-order valence-electron chi connectivity index (χ3n) is 4.93. The summed E-state index contributed by atoms with van der Waals surface area (Å²) in [7, 11) is 0. The monoisotopic (exact) mass is 244 g/mol. The Balaban J connectivity index is 1.59. The molecular formula is C14H22F2O. The molecule has 0 aliphatic heterocycles. The highest BCUT2D eigenvalue weighted by molar-refractivity contribution is 5.01. The minimum atomic E-state index is -2.68. The zero-order chi connectivity index (χ0) is 12.1. The molecule has 0 heterocycles. The highest BCUT2D eigenvalue weighted by Gasteiger charge is 2.51. The van der Waals surface area contributed by atoms with E-state index in [0.29, 0.717) is 6.61 Å². The zero-order valence-corrected chi connectivity index (χ0v) is 10.6. The number of ether oxygens (including phenoxy) is 1. The molecule has 1 nitrogen and oxygen atoms in total. The molecule has 4 fully saturated rings. The second-order valence-corrected chi connectivity index (χ2v) is 6.98. The predicted octanol–water partition coefficient (Wildman–Crippen LogP) is 3.87. The number of hydrogen-bond acceptors (Lipinski definition) is 1. The SMILES string of the molecule is CC(F)(F)COCC12CC3CC(CC(C3)C1)C2. The van der Waals surface area contributed by atoms with Crippen LogP contribution in [-0.4, -0.2) is 19.1 Å². The van der Waals surface area contributed by atoms with Gasteiger partial charge >= 0.3 is 0 Å². The molecule has 4 rings (SSSR count). The lowest BCUT2D eigenvalue weighted by molar-refractivity contribution is -0.127. The quantitative estimate of drug-likeness (QED) is 0.729. The Hall–Kier alpha value is -0.180. The van der Waals surface area contributed by atoms with E-state index in [9.17, 15) is 8.78 Å². The first-order chi connectivity index (χ1) is 7.94. The van der Waals surface area contributed by atoms with Crippen LogP contribution in [0.2, 0.25) is 0 Å². The van der Waals surface area contributed by atoms with Crippen LogP contribution >= 0.6 is 0 Å². The maximum absolute atomic E-state index is 12.8. The van der Waals surface area contributed by atoms with Crippen LogP contribution in [0.25, 0.3) is 0 Å². The van der Waals surface area contributed by atoms with Gasteiger partial charge in [-0.15, -0.1) is 0 Å². The van der Waals surface area contributed by atoms with Gasteiger partial charge in [-0.3, -0.25) is 0 Å². The first-order valence-electron chi connectivity index (χ1n) is 6.90. The van der Waals surface area contributed by atoms with Crippen LogP contribution in [0.1, 0.15) is 45.4 Å². The van der Waals surface area contributed by atoms with Crippen LogP contribution in [-0.2, 0) is 4.74 Å². The van der Waals surface area contributed by atoms with Gasteiger partial charge in [0, 0.05) is 6.92 Å². The van der Waals surface area contributed by atoms with Gasteiger partial charge < -0.3 is 4.74 Å². The third kappa shape index (κ3) is 2.49. The molecule has 0 amide bonds. The fourth-order valence-corrected chi connectivity index (χ4v) is 4.91. The molecule has 98 valence electrons. The third-order valence-corrected chi connectivity index (χ3v) is 4.93. The Morgan fingerprint density at radius 1 is 1.06 bits per heavy atom. The molecule has 0 spiro atoms. The average Bonchev–Trinajstić information content (AvgIpc) is 2.11. The number of halogens is 2. The molecule has 17 heavy (non-hydrogen) atoms. The van der Waals surface area contributed by atoms with Gasteiger partial charge in [0.15, 0.2) is 0 Å². The fourth-order valence-electron chi connectivity index (χ4n) is 4.91. The minimum absolute atomic E-state index is 0.264. The van der Waals surface area contributed by atoms with E-state index in [4.69, 9.17) is 4.74 Å². The summed E-state index contributed by atoms with van der Waals surface area (Å²) >= 11 is 0. The van der Waals surface area contributed by atoms with E-state index < -0.39 is 12.5 Å². The summed E-state index contributed by atoms with van der Waals surface area (Å²) in [6.07, 6.45) is 7.87. The first kappa shape index (κ1) is 11.9. The van der Waals surface area contributed by atoms with Crippen LogP contribution in [0.15, 0.2) is 0 Å². The van der Waals surface area contributed by atoms with Crippen LogP contribution in [0.4, 0.5) is 8.78 Å². The summed E-state index contributed by atoms with van der Waals surface area (Å²) in [6.45, 7) is 1.10. The van der Waals surface area contributed by atoms with Crippen molar-refractivity contribution in [3.05, 3.63) is 0 Å². The van der Waals surface area contributed by atoms with Crippen molar-refractivity contribution in [3.8, 4) is 0 Å². The van der Waals surface area contributed by atoms with Crippen LogP contribution < -0.4 is 0 Å². The second-order valence-electron chi connectivity index (χ2n) is 6.98. The highest BCUT2D eigenvalue weighted by Crippen LogP contribution is 2.60. The molecule has 0 atom stereocenters. The van der Waals surface area contributed by atoms with E-state index in [-0.39, 0.29) is 5.41 Å². The lowest BCUT2D eigenvalue weighted by Crippen LogP contribution is -2.48. The summed E-state index contributed by atoms with van der Waals surface area (Å²) in [4.78, 5) is 0. The summed E-state index contributed by atoms with van der Waals surface area (Å²) in [5.41, 5.74) is 0.264. The lowest BCUT2D eigenvalue weighted by atomic mass is 9.50. The van der Waals surface area contributed by atoms with Crippen molar-refractivity contribution in [2.75, 3.05) is 13.2 Å². The predicted molar refractivity (Wildman–Crippen MR) is 62.0 cm³/mol. The van der Waals surface area contributed by atoms with Gasteiger partial charge in [-0.25, -0.2) is 8.78 Å². The van der Waals surface area contributed by atoms with Crippen molar-refractivity contribution in [2.45, 2.75) is 51.4 Å². The molecule has 0 saturated heterocycles. The van der Waals surface area contributed by atoms with Crippen molar-refractivity contribution in [3.63, 3.8) is 0 Å². The molecular weight excluding hydrogens is 222 g/mol. The molecule has 0 aromatic carbocycles. The summed E-state index contributed by atoms with van der Waals surface area (Å²) < 4.78 is 30.8. The fraction of sp³-hybridized carbons (Fsp3) is 1.00. The van der Waals surface area contributed by atoms with Crippen molar-refractivity contribution < 1.29 is 13.5 Å². The molecule has 0 unspecified atom stereocenters. The van der Waals surface area contributed by atoms with E-state index in [1.807, 2.05) is 0 Å². The van der Waals surface area contributed by atoms with Gasteiger partial charge in [-0.1, -0.05) is 0 Å². The molecule has 3 heteroatoms. The molecule has 4 aliphatic carbocycles. The Bertz CT molecular complexity index is 260.